The van der Waals surface area contributed by atoms with Gasteiger partial charge in [0.25, 0.3) is 0 Å². The molecule has 2 nitrogen and oxygen atoms in total. The van der Waals surface area contributed by atoms with Crippen LogP contribution in [0.25, 0.3) is 0 Å². The SMILES string of the molecule is CCNCC(CC)Oc1ccc(Cl)cc1C. The lowest BCUT2D eigenvalue weighted by Crippen LogP contribution is -2.30. The maximum absolute atomic E-state index is 5.93. The molecule has 0 aliphatic heterocycles. The van der Waals surface area contributed by atoms with Crippen LogP contribution in [0.1, 0.15) is 25.8 Å². The fraction of sp³-hybridized carbons (Fsp3) is 0.538. The lowest BCUT2D eigenvalue weighted by atomic mass is 10.2. The van der Waals surface area contributed by atoms with Gasteiger partial charge in [0.05, 0.1) is 0 Å². The van der Waals surface area contributed by atoms with Crippen molar-refractivity contribution in [2.24, 2.45) is 0 Å². The molecule has 0 bridgehead atoms. The molecule has 0 aliphatic rings. The first-order valence-electron chi connectivity index (χ1n) is 5.80. The lowest BCUT2D eigenvalue weighted by molar-refractivity contribution is 0.193. The Morgan fingerprint density at radius 2 is 2.12 bits per heavy atom. The summed E-state index contributed by atoms with van der Waals surface area (Å²) in [6, 6.07) is 5.73. The van der Waals surface area contributed by atoms with Gasteiger partial charge in [-0.2, -0.15) is 0 Å². The number of hydrogen-bond acceptors (Lipinski definition) is 2. The molecule has 0 radical (unpaired) electrons. The van der Waals surface area contributed by atoms with Crippen LogP contribution < -0.4 is 10.1 Å². The van der Waals surface area contributed by atoms with E-state index in [1.807, 2.05) is 25.1 Å². The fourth-order valence-electron chi connectivity index (χ4n) is 1.50. The van der Waals surface area contributed by atoms with E-state index in [0.717, 1.165) is 35.8 Å². The van der Waals surface area contributed by atoms with E-state index in [1.165, 1.54) is 0 Å². The number of hydrogen-bond donors (Lipinski definition) is 1. The van der Waals surface area contributed by atoms with Crippen molar-refractivity contribution in [2.75, 3.05) is 13.1 Å². The first kappa shape index (κ1) is 13.3. The molecule has 90 valence electrons. The summed E-state index contributed by atoms with van der Waals surface area (Å²) in [5.74, 6) is 0.925. The number of benzene rings is 1. The Labute approximate surface area is 103 Å². The average Bonchev–Trinajstić information content (AvgIpc) is 2.27. The van der Waals surface area contributed by atoms with E-state index in [2.05, 4.69) is 19.2 Å². The highest BCUT2D eigenvalue weighted by atomic mass is 35.5. The van der Waals surface area contributed by atoms with Gasteiger partial charge in [-0.15, -0.1) is 0 Å². The summed E-state index contributed by atoms with van der Waals surface area (Å²) in [7, 11) is 0. The van der Waals surface area contributed by atoms with Crippen molar-refractivity contribution in [2.45, 2.75) is 33.3 Å². The number of halogens is 1. The molecule has 3 heteroatoms. The molecule has 0 saturated carbocycles. The van der Waals surface area contributed by atoms with Crippen LogP contribution in [0.4, 0.5) is 0 Å². The van der Waals surface area contributed by atoms with Crippen LogP contribution >= 0.6 is 11.6 Å². The predicted molar refractivity (Wildman–Crippen MR) is 69.4 cm³/mol. The molecule has 0 spiro atoms. The summed E-state index contributed by atoms with van der Waals surface area (Å²) in [5, 5.41) is 4.05. The summed E-state index contributed by atoms with van der Waals surface area (Å²) in [4.78, 5) is 0. The second-order valence-electron chi connectivity index (χ2n) is 3.87. The van der Waals surface area contributed by atoms with Gasteiger partial charge in [0.15, 0.2) is 0 Å². The summed E-state index contributed by atoms with van der Waals surface area (Å²) < 4.78 is 5.93. The number of aryl methyl sites for hydroxylation is 1. The van der Waals surface area contributed by atoms with Crippen LogP contribution in [0.3, 0.4) is 0 Å². The zero-order valence-electron chi connectivity index (χ0n) is 10.2. The first-order valence-corrected chi connectivity index (χ1v) is 6.18. The minimum atomic E-state index is 0.222. The third-order valence-electron chi connectivity index (χ3n) is 2.51. The topological polar surface area (TPSA) is 21.3 Å². The van der Waals surface area contributed by atoms with Crippen LogP contribution in [0.15, 0.2) is 18.2 Å². The van der Waals surface area contributed by atoms with Gasteiger partial charge < -0.3 is 10.1 Å². The molecular weight excluding hydrogens is 222 g/mol. The Balaban J connectivity index is 2.62. The van der Waals surface area contributed by atoms with Crippen molar-refractivity contribution in [3.8, 4) is 5.75 Å². The van der Waals surface area contributed by atoms with Gasteiger partial charge in [0.1, 0.15) is 11.9 Å². The molecular formula is C13H20ClNO. The predicted octanol–water partition coefficient (Wildman–Crippen LogP) is 3.42. The van der Waals surface area contributed by atoms with Crippen LogP contribution in [0.2, 0.25) is 5.02 Å². The Morgan fingerprint density at radius 1 is 1.38 bits per heavy atom. The van der Waals surface area contributed by atoms with Gasteiger partial charge in [0.2, 0.25) is 0 Å². The smallest absolute Gasteiger partial charge is 0.122 e. The van der Waals surface area contributed by atoms with Crippen molar-refractivity contribution in [3.05, 3.63) is 28.8 Å². The number of rotatable bonds is 6. The van der Waals surface area contributed by atoms with Crippen molar-refractivity contribution in [3.63, 3.8) is 0 Å². The lowest BCUT2D eigenvalue weighted by Gasteiger charge is -2.19. The molecule has 0 fully saturated rings. The fourth-order valence-corrected chi connectivity index (χ4v) is 1.73. The maximum Gasteiger partial charge on any atom is 0.122 e. The standard InChI is InChI=1S/C13H20ClNO/c1-4-12(9-15-5-2)16-13-7-6-11(14)8-10(13)3/h6-8,12,15H,4-5,9H2,1-3H3. The normalized spacial score (nSPS) is 12.5. The van der Waals surface area contributed by atoms with E-state index in [-0.39, 0.29) is 6.10 Å². The molecule has 0 heterocycles. The third-order valence-corrected chi connectivity index (χ3v) is 2.74. The minimum absolute atomic E-state index is 0.222. The largest absolute Gasteiger partial charge is 0.489 e. The van der Waals surface area contributed by atoms with Crippen molar-refractivity contribution < 1.29 is 4.74 Å². The molecule has 0 aromatic heterocycles. The van der Waals surface area contributed by atoms with E-state index < -0.39 is 0 Å². The van der Waals surface area contributed by atoms with Crippen molar-refractivity contribution >= 4 is 11.6 Å². The molecule has 0 saturated heterocycles. The van der Waals surface area contributed by atoms with Gasteiger partial charge in [-0.25, -0.2) is 0 Å². The Hall–Kier alpha value is -0.730. The van der Waals surface area contributed by atoms with E-state index >= 15 is 0 Å². The highest BCUT2D eigenvalue weighted by Crippen LogP contribution is 2.23. The third kappa shape index (κ3) is 4.03. The molecule has 0 aliphatic carbocycles. The summed E-state index contributed by atoms with van der Waals surface area (Å²) in [6.45, 7) is 8.10. The zero-order valence-corrected chi connectivity index (χ0v) is 11.0. The zero-order chi connectivity index (χ0) is 12.0. The Kier molecular flexibility index (Phi) is 5.64. The monoisotopic (exact) mass is 241 g/mol. The molecule has 1 rings (SSSR count). The highest BCUT2D eigenvalue weighted by Gasteiger charge is 2.09. The van der Waals surface area contributed by atoms with E-state index in [1.54, 1.807) is 0 Å². The Morgan fingerprint density at radius 3 is 2.69 bits per heavy atom. The summed E-state index contributed by atoms with van der Waals surface area (Å²) >= 11 is 5.90. The van der Waals surface area contributed by atoms with Gasteiger partial charge in [0, 0.05) is 11.6 Å². The maximum atomic E-state index is 5.93. The minimum Gasteiger partial charge on any atom is -0.489 e. The van der Waals surface area contributed by atoms with Gasteiger partial charge in [-0.1, -0.05) is 25.4 Å². The second kappa shape index (κ2) is 6.77. The molecule has 1 N–H and O–H groups in total. The average molecular weight is 242 g/mol. The Bertz CT molecular complexity index is 328. The van der Waals surface area contributed by atoms with Crippen LogP contribution in [-0.4, -0.2) is 19.2 Å². The van der Waals surface area contributed by atoms with Gasteiger partial charge in [-0.3, -0.25) is 0 Å². The van der Waals surface area contributed by atoms with Gasteiger partial charge in [-0.05, 0) is 43.7 Å². The van der Waals surface area contributed by atoms with Crippen LogP contribution in [-0.2, 0) is 0 Å². The summed E-state index contributed by atoms with van der Waals surface area (Å²) in [5.41, 5.74) is 1.09. The first-order chi connectivity index (χ1) is 7.67. The van der Waals surface area contributed by atoms with Crippen LogP contribution in [0.5, 0.6) is 5.75 Å². The second-order valence-corrected chi connectivity index (χ2v) is 4.30. The van der Waals surface area contributed by atoms with Gasteiger partial charge >= 0.3 is 0 Å². The van der Waals surface area contributed by atoms with Crippen LogP contribution in [0, 0.1) is 6.92 Å². The number of ether oxygens (including phenoxy) is 1. The van der Waals surface area contributed by atoms with E-state index in [9.17, 15) is 0 Å². The molecule has 0 amide bonds. The van der Waals surface area contributed by atoms with E-state index in [4.69, 9.17) is 16.3 Å². The summed E-state index contributed by atoms with van der Waals surface area (Å²) in [6.07, 6.45) is 1.22. The van der Waals surface area contributed by atoms with E-state index in [0.29, 0.717) is 0 Å². The molecule has 16 heavy (non-hydrogen) atoms. The number of nitrogens with one attached hydrogen (secondary N) is 1. The molecule has 1 atom stereocenters. The van der Waals surface area contributed by atoms with Crippen molar-refractivity contribution in [1.82, 2.24) is 5.32 Å². The van der Waals surface area contributed by atoms with Crippen molar-refractivity contribution in [1.29, 1.82) is 0 Å². The number of likely N-dealkylation sites (N-methyl/N-ethyl adjacent to an activating group) is 1. The quantitative estimate of drug-likeness (QED) is 0.824. The molecule has 1 unspecified atom stereocenters. The highest BCUT2D eigenvalue weighted by molar-refractivity contribution is 6.30. The molecule has 1 aromatic rings. The molecule has 1 aromatic carbocycles.